The van der Waals surface area contributed by atoms with Crippen molar-refractivity contribution in [2.45, 2.75) is 38.1 Å². The van der Waals surface area contributed by atoms with E-state index >= 15 is 0 Å². The molecule has 6 nitrogen and oxygen atoms in total. The van der Waals surface area contributed by atoms with Crippen molar-refractivity contribution in [1.82, 2.24) is 15.2 Å². The maximum absolute atomic E-state index is 13.0. The SMILES string of the molecule is C#Cc1cccc2[nH]c(C(=O)N3CCC4(CC3)NC(=O)CCC(C)C4=O)cc12. The van der Waals surface area contributed by atoms with Gasteiger partial charge < -0.3 is 15.2 Å². The lowest BCUT2D eigenvalue weighted by molar-refractivity contribution is -0.133. The number of rotatable bonds is 1. The van der Waals surface area contributed by atoms with Crippen LogP contribution in [0.3, 0.4) is 0 Å². The molecule has 1 aromatic heterocycles. The van der Waals surface area contributed by atoms with Crippen LogP contribution in [-0.2, 0) is 9.59 Å². The zero-order valence-corrected chi connectivity index (χ0v) is 15.9. The number of H-pyrrole nitrogens is 1. The fourth-order valence-electron chi connectivity index (χ4n) is 4.37. The average molecular weight is 377 g/mol. The standard InChI is InChI=1S/C22H23N3O3/c1-3-15-5-4-6-17-16(15)13-18(23-17)21(28)25-11-9-22(10-12-25)20(27)14(2)7-8-19(26)24-22/h1,4-6,13-14,23H,7-12H2,2H3,(H,24,26). The monoisotopic (exact) mass is 377 g/mol. The number of hydrogen-bond donors (Lipinski definition) is 2. The number of carbonyl (C=O) groups excluding carboxylic acids is 3. The molecular formula is C22H23N3O3. The Balaban J connectivity index is 1.54. The van der Waals surface area contributed by atoms with Crippen molar-refractivity contribution in [2.24, 2.45) is 5.92 Å². The largest absolute Gasteiger partial charge is 0.350 e. The van der Waals surface area contributed by atoms with Crippen LogP contribution >= 0.6 is 0 Å². The number of nitrogens with zero attached hydrogens (tertiary/aromatic N) is 1. The Bertz CT molecular complexity index is 1010. The quantitative estimate of drug-likeness (QED) is 0.748. The molecule has 0 saturated carbocycles. The van der Waals surface area contributed by atoms with E-state index in [1.807, 2.05) is 25.1 Å². The third-order valence-electron chi connectivity index (χ3n) is 6.06. The number of hydrogen-bond acceptors (Lipinski definition) is 3. The summed E-state index contributed by atoms with van der Waals surface area (Å²) in [4.78, 5) is 42.8. The molecular weight excluding hydrogens is 354 g/mol. The minimum atomic E-state index is -0.832. The van der Waals surface area contributed by atoms with Gasteiger partial charge >= 0.3 is 0 Å². The highest BCUT2D eigenvalue weighted by Crippen LogP contribution is 2.31. The molecule has 1 atom stereocenters. The van der Waals surface area contributed by atoms with Crippen LogP contribution in [0.15, 0.2) is 24.3 Å². The topological polar surface area (TPSA) is 82.3 Å². The second kappa shape index (κ2) is 6.83. The molecule has 3 heterocycles. The number of likely N-dealkylation sites (tertiary alicyclic amines) is 1. The number of carbonyl (C=O) groups is 3. The lowest BCUT2D eigenvalue weighted by atomic mass is 9.79. The van der Waals surface area contributed by atoms with Crippen LogP contribution in [0.5, 0.6) is 0 Å². The van der Waals surface area contributed by atoms with Gasteiger partial charge in [-0.1, -0.05) is 18.9 Å². The summed E-state index contributed by atoms with van der Waals surface area (Å²) in [6.07, 6.45) is 7.41. The number of amides is 2. The minimum absolute atomic E-state index is 0.0742. The molecule has 4 rings (SSSR count). The van der Waals surface area contributed by atoms with Gasteiger partial charge in [0, 0.05) is 41.9 Å². The van der Waals surface area contributed by atoms with Crippen LogP contribution in [0, 0.1) is 18.3 Å². The van der Waals surface area contributed by atoms with Crippen LogP contribution in [0.2, 0.25) is 0 Å². The Kier molecular flexibility index (Phi) is 4.46. The van der Waals surface area contributed by atoms with Gasteiger partial charge in [-0.3, -0.25) is 14.4 Å². The third-order valence-corrected chi connectivity index (χ3v) is 6.06. The van der Waals surface area contributed by atoms with Crippen LogP contribution in [0.25, 0.3) is 10.9 Å². The van der Waals surface area contributed by atoms with Crippen molar-refractivity contribution in [3.05, 3.63) is 35.5 Å². The summed E-state index contributed by atoms with van der Waals surface area (Å²) in [5.41, 5.74) is 1.22. The number of aromatic nitrogens is 1. The first kappa shape index (κ1) is 18.3. The van der Waals surface area contributed by atoms with E-state index in [1.165, 1.54) is 0 Å². The van der Waals surface area contributed by atoms with E-state index in [0.717, 1.165) is 16.5 Å². The van der Waals surface area contributed by atoms with Gasteiger partial charge in [0.1, 0.15) is 11.2 Å². The van der Waals surface area contributed by atoms with Gasteiger partial charge in [-0.05, 0) is 37.5 Å². The molecule has 2 aliphatic heterocycles. The van der Waals surface area contributed by atoms with Crippen molar-refractivity contribution < 1.29 is 14.4 Å². The average Bonchev–Trinajstić information content (AvgIpc) is 3.12. The van der Waals surface area contributed by atoms with E-state index in [1.54, 1.807) is 11.0 Å². The predicted octanol–water partition coefficient (Wildman–Crippen LogP) is 2.24. The summed E-state index contributed by atoms with van der Waals surface area (Å²) < 4.78 is 0. The Morgan fingerprint density at radius 2 is 2.04 bits per heavy atom. The van der Waals surface area contributed by atoms with E-state index in [9.17, 15) is 14.4 Å². The molecule has 1 spiro atoms. The van der Waals surface area contributed by atoms with Gasteiger partial charge in [-0.2, -0.15) is 0 Å². The fourth-order valence-corrected chi connectivity index (χ4v) is 4.37. The molecule has 2 amide bonds. The molecule has 2 aromatic rings. The molecule has 1 unspecified atom stereocenters. The summed E-state index contributed by atoms with van der Waals surface area (Å²) in [6, 6.07) is 7.38. The zero-order valence-electron chi connectivity index (χ0n) is 15.9. The second-order valence-corrected chi connectivity index (χ2v) is 7.82. The molecule has 6 heteroatoms. The molecule has 0 radical (unpaired) electrons. The molecule has 2 saturated heterocycles. The zero-order chi connectivity index (χ0) is 19.9. The first-order chi connectivity index (χ1) is 13.4. The van der Waals surface area contributed by atoms with Gasteiger partial charge in [-0.15, -0.1) is 6.42 Å². The summed E-state index contributed by atoms with van der Waals surface area (Å²) in [7, 11) is 0. The van der Waals surface area contributed by atoms with Crippen molar-refractivity contribution >= 4 is 28.5 Å². The maximum atomic E-state index is 13.0. The molecule has 144 valence electrons. The Labute approximate surface area is 163 Å². The highest BCUT2D eigenvalue weighted by molar-refractivity contribution is 6.00. The van der Waals surface area contributed by atoms with Gasteiger partial charge in [0.2, 0.25) is 5.91 Å². The molecule has 28 heavy (non-hydrogen) atoms. The number of nitrogens with one attached hydrogen (secondary N) is 2. The Hall–Kier alpha value is -3.07. The molecule has 2 aliphatic rings. The highest BCUT2D eigenvalue weighted by Gasteiger charge is 2.46. The van der Waals surface area contributed by atoms with E-state index < -0.39 is 5.54 Å². The number of terminal acetylenes is 1. The third kappa shape index (κ3) is 2.97. The number of piperidine rings is 1. The normalized spacial score (nSPS) is 22.0. The molecule has 0 aliphatic carbocycles. The van der Waals surface area contributed by atoms with Crippen molar-refractivity contribution in [2.75, 3.05) is 13.1 Å². The highest BCUT2D eigenvalue weighted by atomic mass is 16.2. The predicted molar refractivity (Wildman–Crippen MR) is 106 cm³/mol. The lowest BCUT2D eigenvalue weighted by Gasteiger charge is -2.41. The van der Waals surface area contributed by atoms with Crippen LogP contribution in [0.1, 0.15) is 48.7 Å². The minimum Gasteiger partial charge on any atom is -0.350 e. The van der Waals surface area contributed by atoms with E-state index in [2.05, 4.69) is 16.2 Å². The second-order valence-electron chi connectivity index (χ2n) is 7.82. The fraction of sp³-hybridized carbons (Fsp3) is 0.409. The number of benzene rings is 1. The van der Waals surface area contributed by atoms with Crippen LogP contribution in [-0.4, -0.2) is 46.1 Å². The smallest absolute Gasteiger partial charge is 0.270 e. The van der Waals surface area contributed by atoms with Gasteiger partial charge in [0.25, 0.3) is 5.91 Å². The van der Waals surface area contributed by atoms with E-state index in [0.29, 0.717) is 44.5 Å². The number of ketones is 1. The number of Topliss-reactive ketones (excluding diaryl/α,β-unsaturated/α-hetero) is 1. The van der Waals surface area contributed by atoms with E-state index in [-0.39, 0.29) is 23.5 Å². The first-order valence-electron chi connectivity index (χ1n) is 9.66. The van der Waals surface area contributed by atoms with Crippen LogP contribution < -0.4 is 5.32 Å². The number of fused-ring (bicyclic) bond motifs is 1. The summed E-state index contributed by atoms with van der Waals surface area (Å²) in [5, 5.41) is 3.80. The first-order valence-corrected chi connectivity index (χ1v) is 9.66. The van der Waals surface area contributed by atoms with Gasteiger partial charge in [0.05, 0.1) is 0 Å². The Morgan fingerprint density at radius 3 is 2.75 bits per heavy atom. The summed E-state index contributed by atoms with van der Waals surface area (Å²) >= 11 is 0. The van der Waals surface area contributed by atoms with Crippen molar-refractivity contribution in [3.63, 3.8) is 0 Å². The maximum Gasteiger partial charge on any atom is 0.270 e. The molecule has 0 bridgehead atoms. The molecule has 2 N–H and O–H groups in total. The van der Waals surface area contributed by atoms with E-state index in [4.69, 9.17) is 6.42 Å². The van der Waals surface area contributed by atoms with Crippen molar-refractivity contribution in [1.29, 1.82) is 0 Å². The van der Waals surface area contributed by atoms with Gasteiger partial charge in [-0.25, -0.2) is 0 Å². The summed E-state index contributed by atoms with van der Waals surface area (Å²) in [6.45, 7) is 2.74. The molecule has 2 fully saturated rings. The Morgan fingerprint density at radius 1 is 1.29 bits per heavy atom. The summed E-state index contributed by atoms with van der Waals surface area (Å²) in [5.74, 6) is 2.40. The van der Waals surface area contributed by atoms with Crippen molar-refractivity contribution in [3.8, 4) is 12.3 Å². The number of aromatic amines is 1. The molecule has 1 aromatic carbocycles. The van der Waals surface area contributed by atoms with Crippen LogP contribution in [0.4, 0.5) is 0 Å². The lowest BCUT2D eigenvalue weighted by Crippen LogP contribution is -2.60. The van der Waals surface area contributed by atoms with Gasteiger partial charge in [0.15, 0.2) is 5.78 Å².